The number of allylic oxidation sites excluding steroid dienone is 20. The Hall–Kier alpha value is -3.70. The molecule has 0 saturated carbocycles. The highest BCUT2D eigenvalue weighted by Gasteiger charge is 2.17. The number of hydrogen-bond acceptors (Lipinski definition) is 5. The molecule has 0 aromatic heterocycles. The minimum Gasteiger partial charge on any atom is -0.462 e. The van der Waals surface area contributed by atoms with E-state index < -0.39 is 6.10 Å². The lowest BCUT2D eigenvalue weighted by Crippen LogP contribution is -2.30. The Morgan fingerprint density at radius 1 is 0.329 bits per heavy atom. The summed E-state index contributed by atoms with van der Waals surface area (Å²) in [4.78, 5) is 25.5. The van der Waals surface area contributed by atoms with Crippen LogP contribution in [0.1, 0.15) is 252 Å². The van der Waals surface area contributed by atoms with Crippen LogP contribution >= 0.6 is 0 Å². The first-order valence-electron chi connectivity index (χ1n) is 29.1. The van der Waals surface area contributed by atoms with Gasteiger partial charge >= 0.3 is 11.9 Å². The molecular formula is C65H108O5. The summed E-state index contributed by atoms with van der Waals surface area (Å²) in [6, 6.07) is 0. The zero-order valence-electron chi connectivity index (χ0n) is 45.7. The van der Waals surface area contributed by atoms with Gasteiger partial charge < -0.3 is 14.2 Å². The van der Waals surface area contributed by atoms with Crippen LogP contribution in [0.3, 0.4) is 0 Å². The average Bonchev–Trinajstić information content (AvgIpc) is 3.36. The number of unbranched alkanes of at least 4 members (excludes halogenated alkanes) is 21. The zero-order chi connectivity index (χ0) is 50.6. The molecule has 0 spiro atoms. The summed E-state index contributed by atoms with van der Waals surface area (Å²) in [6.45, 7) is 7.50. The van der Waals surface area contributed by atoms with Crippen molar-refractivity contribution in [3.8, 4) is 0 Å². The zero-order valence-corrected chi connectivity index (χ0v) is 45.7. The quantitative estimate of drug-likeness (QED) is 0.0345. The third-order valence-electron chi connectivity index (χ3n) is 12.0. The molecule has 70 heavy (non-hydrogen) atoms. The van der Waals surface area contributed by atoms with E-state index in [0.717, 1.165) is 109 Å². The van der Waals surface area contributed by atoms with Crippen molar-refractivity contribution >= 4 is 11.9 Å². The summed E-state index contributed by atoms with van der Waals surface area (Å²) in [7, 11) is 0. The van der Waals surface area contributed by atoms with Gasteiger partial charge in [-0.1, -0.05) is 239 Å². The molecule has 0 aromatic rings. The molecule has 1 unspecified atom stereocenters. The van der Waals surface area contributed by atoms with E-state index in [2.05, 4.69) is 142 Å². The predicted molar refractivity (Wildman–Crippen MR) is 306 cm³/mol. The van der Waals surface area contributed by atoms with Crippen LogP contribution < -0.4 is 0 Å². The van der Waals surface area contributed by atoms with E-state index in [1.807, 2.05) is 0 Å². The smallest absolute Gasteiger partial charge is 0.306 e. The van der Waals surface area contributed by atoms with Crippen LogP contribution in [0, 0.1) is 0 Å². The first-order chi connectivity index (χ1) is 34.6. The molecule has 0 fully saturated rings. The summed E-state index contributed by atoms with van der Waals surface area (Å²) in [5.74, 6) is -0.480. The lowest BCUT2D eigenvalue weighted by Gasteiger charge is -2.18. The number of esters is 2. The van der Waals surface area contributed by atoms with Gasteiger partial charge in [-0.3, -0.25) is 9.59 Å². The Kier molecular flexibility index (Phi) is 56.5. The first kappa shape index (κ1) is 66.3. The molecule has 5 nitrogen and oxygen atoms in total. The van der Waals surface area contributed by atoms with E-state index in [9.17, 15) is 9.59 Å². The molecule has 0 aliphatic rings. The van der Waals surface area contributed by atoms with Crippen LogP contribution in [0.2, 0.25) is 0 Å². The summed E-state index contributed by atoms with van der Waals surface area (Å²) >= 11 is 0. The number of carbonyl (C=O) groups is 2. The van der Waals surface area contributed by atoms with Crippen LogP contribution in [0.5, 0.6) is 0 Å². The van der Waals surface area contributed by atoms with Gasteiger partial charge in [-0.15, -0.1) is 0 Å². The van der Waals surface area contributed by atoms with Gasteiger partial charge in [0.25, 0.3) is 0 Å². The highest BCUT2D eigenvalue weighted by atomic mass is 16.6. The molecule has 0 saturated heterocycles. The van der Waals surface area contributed by atoms with Gasteiger partial charge in [0.15, 0.2) is 6.10 Å². The van der Waals surface area contributed by atoms with E-state index in [-0.39, 0.29) is 25.2 Å². The van der Waals surface area contributed by atoms with E-state index in [4.69, 9.17) is 14.2 Å². The van der Waals surface area contributed by atoms with E-state index in [1.54, 1.807) is 0 Å². The molecule has 0 N–H and O–H groups in total. The Morgan fingerprint density at radius 2 is 0.657 bits per heavy atom. The minimum absolute atomic E-state index is 0.0472. The molecule has 0 bridgehead atoms. The van der Waals surface area contributed by atoms with Gasteiger partial charge in [0, 0.05) is 19.4 Å². The van der Waals surface area contributed by atoms with Crippen molar-refractivity contribution in [1.29, 1.82) is 0 Å². The third kappa shape index (κ3) is 56.9. The van der Waals surface area contributed by atoms with Crippen LogP contribution in [-0.4, -0.2) is 37.9 Å². The average molecular weight is 970 g/mol. The molecule has 0 radical (unpaired) electrons. The molecule has 0 aliphatic carbocycles. The van der Waals surface area contributed by atoms with Gasteiger partial charge in [-0.05, 0) is 122 Å². The number of ether oxygens (including phenoxy) is 3. The van der Waals surface area contributed by atoms with Crippen molar-refractivity contribution in [1.82, 2.24) is 0 Å². The highest BCUT2D eigenvalue weighted by molar-refractivity contribution is 5.70. The summed E-state index contributed by atoms with van der Waals surface area (Å²) in [5, 5.41) is 0. The Morgan fingerprint density at radius 3 is 1.09 bits per heavy atom. The largest absolute Gasteiger partial charge is 0.462 e. The molecule has 1 atom stereocenters. The monoisotopic (exact) mass is 969 g/mol. The maximum Gasteiger partial charge on any atom is 0.306 e. The lowest BCUT2D eigenvalue weighted by atomic mass is 10.1. The van der Waals surface area contributed by atoms with Crippen LogP contribution in [-0.2, 0) is 23.8 Å². The molecule has 0 heterocycles. The van der Waals surface area contributed by atoms with Crippen molar-refractivity contribution < 1.29 is 23.8 Å². The van der Waals surface area contributed by atoms with Gasteiger partial charge in [-0.2, -0.15) is 0 Å². The highest BCUT2D eigenvalue weighted by Crippen LogP contribution is 2.14. The van der Waals surface area contributed by atoms with Crippen molar-refractivity contribution in [3.05, 3.63) is 122 Å². The van der Waals surface area contributed by atoms with Crippen LogP contribution in [0.4, 0.5) is 0 Å². The normalized spacial score (nSPS) is 13.1. The number of carbonyl (C=O) groups excluding carboxylic acids is 2. The lowest BCUT2D eigenvalue weighted by molar-refractivity contribution is -0.162. The fourth-order valence-corrected chi connectivity index (χ4v) is 7.71. The topological polar surface area (TPSA) is 61.8 Å². The maximum absolute atomic E-state index is 12.8. The first-order valence-corrected chi connectivity index (χ1v) is 29.1. The molecule has 398 valence electrons. The number of rotatable bonds is 52. The van der Waals surface area contributed by atoms with E-state index in [0.29, 0.717) is 19.4 Å². The maximum atomic E-state index is 12.8. The van der Waals surface area contributed by atoms with Gasteiger partial charge in [0.2, 0.25) is 0 Å². The SMILES string of the molecule is CC/C=C\C/C=C\C/C=C\C/C=C\C/C=C\CCCC(=O)OC(COCCCCCCC/C=C\C/C=C\C/C=C\C/C=C\CC)COC(=O)CCCCCCCCCCC/C=C\CCCCCCCC. The number of hydrogen-bond donors (Lipinski definition) is 0. The Labute approximate surface area is 433 Å². The minimum atomic E-state index is -0.586. The summed E-state index contributed by atoms with van der Waals surface area (Å²) in [6.07, 6.45) is 83.7. The second-order valence-corrected chi connectivity index (χ2v) is 18.8. The van der Waals surface area contributed by atoms with E-state index >= 15 is 0 Å². The molecule has 0 rings (SSSR count). The van der Waals surface area contributed by atoms with Gasteiger partial charge in [-0.25, -0.2) is 0 Å². The second kappa shape index (κ2) is 59.6. The van der Waals surface area contributed by atoms with Crippen molar-refractivity contribution in [2.24, 2.45) is 0 Å². The third-order valence-corrected chi connectivity index (χ3v) is 12.0. The van der Waals surface area contributed by atoms with E-state index in [1.165, 1.54) is 109 Å². The molecule has 5 heteroatoms. The molecular weight excluding hydrogens is 861 g/mol. The van der Waals surface area contributed by atoms with Gasteiger partial charge in [0.05, 0.1) is 6.61 Å². The summed E-state index contributed by atoms with van der Waals surface area (Å²) in [5.41, 5.74) is 0. The van der Waals surface area contributed by atoms with Crippen molar-refractivity contribution in [2.75, 3.05) is 19.8 Å². The molecule has 0 aromatic carbocycles. The Bertz CT molecular complexity index is 1420. The van der Waals surface area contributed by atoms with Crippen molar-refractivity contribution in [2.45, 2.75) is 258 Å². The predicted octanol–water partition coefficient (Wildman–Crippen LogP) is 20.1. The fraction of sp³-hybridized carbons (Fsp3) is 0.662. The Balaban J connectivity index is 4.41. The standard InChI is InChI=1S/C65H108O5/c1-4-7-10-13-16-19-22-25-28-31-33-35-37-40-43-46-49-52-55-58-64(66)69-62-63(61-68-60-57-54-51-48-45-42-39-36-32-29-26-23-20-17-14-11-8-5-2)70-65(67)59-56-53-50-47-44-41-38-34-30-27-24-21-18-15-12-9-6-3/h8-9,11-12,17-18,20-21,25-30,36,38-39,41,47,50,63H,4-7,10,13-16,19,22-24,31-35,37,40,42-46,48-49,51-62H2,1-3H3/b11-8-,12-9-,20-17-,21-18-,28-25-,29-26-,30-27-,39-36-,41-38-,50-47-. The second-order valence-electron chi connectivity index (χ2n) is 18.8. The van der Waals surface area contributed by atoms with Crippen LogP contribution in [0.25, 0.3) is 0 Å². The van der Waals surface area contributed by atoms with Gasteiger partial charge in [0.1, 0.15) is 6.61 Å². The summed E-state index contributed by atoms with van der Waals surface area (Å²) < 4.78 is 17.4. The van der Waals surface area contributed by atoms with Crippen molar-refractivity contribution in [3.63, 3.8) is 0 Å². The molecule has 0 amide bonds. The molecule has 0 aliphatic heterocycles. The fourth-order valence-electron chi connectivity index (χ4n) is 7.71. The van der Waals surface area contributed by atoms with Crippen LogP contribution in [0.15, 0.2) is 122 Å².